The predicted octanol–water partition coefficient (Wildman–Crippen LogP) is 21.6. The van der Waals surface area contributed by atoms with Gasteiger partial charge in [-0.3, -0.25) is 14.4 Å². The molecule has 6 heteroatoms. The lowest BCUT2D eigenvalue weighted by Crippen LogP contribution is -2.30. The Labute approximate surface area is 453 Å². The van der Waals surface area contributed by atoms with E-state index in [0.29, 0.717) is 19.3 Å². The van der Waals surface area contributed by atoms with Gasteiger partial charge in [0.25, 0.3) is 0 Å². The second-order valence-electron chi connectivity index (χ2n) is 21.3. The van der Waals surface area contributed by atoms with Crippen LogP contribution in [0.5, 0.6) is 0 Å². The molecule has 0 aromatic rings. The van der Waals surface area contributed by atoms with Crippen LogP contribution < -0.4 is 0 Å². The van der Waals surface area contributed by atoms with E-state index in [0.717, 1.165) is 83.5 Å². The largest absolute Gasteiger partial charge is 0.462 e. The van der Waals surface area contributed by atoms with E-state index in [1.54, 1.807) is 0 Å². The number of carbonyl (C=O) groups is 3. The number of allylic oxidation sites excluding steroid dienone is 10. The van der Waals surface area contributed by atoms with Gasteiger partial charge in [-0.2, -0.15) is 0 Å². The normalized spacial score (nSPS) is 12.4. The van der Waals surface area contributed by atoms with Crippen molar-refractivity contribution in [2.45, 2.75) is 335 Å². The highest BCUT2D eigenvalue weighted by Crippen LogP contribution is 2.17. The highest BCUT2D eigenvalue weighted by Gasteiger charge is 2.19. The van der Waals surface area contributed by atoms with E-state index in [9.17, 15) is 14.4 Å². The molecule has 0 saturated heterocycles. The van der Waals surface area contributed by atoms with Gasteiger partial charge in [0.2, 0.25) is 0 Å². The maximum Gasteiger partial charge on any atom is 0.306 e. The van der Waals surface area contributed by atoms with Crippen molar-refractivity contribution in [2.24, 2.45) is 0 Å². The van der Waals surface area contributed by atoms with Gasteiger partial charge < -0.3 is 14.2 Å². The minimum absolute atomic E-state index is 0.0885. The summed E-state index contributed by atoms with van der Waals surface area (Å²) in [7, 11) is 0. The average molecular weight is 1020 g/mol. The lowest BCUT2D eigenvalue weighted by atomic mass is 10.0. The van der Waals surface area contributed by atoms with Gasteiger partial charge in [-0.25, -0.2) is 0 Å². The van der Waals surface area contributed by atoms with Gasteiger partial charge in [-0.05, 0) is 83.5 Å². The van der Waals surface area contributed by atoms with E-state index >= 15 is 0 Å². The summed E-state index contributed by atoms with van der Waals surface area (Å²) in [6.45, 7) is 6.43. The van der Waals surface area contributed by atoms with Gasteiger partial charge in [0, 0.05) is 19.3 Å². The second-order valence-corrected chi connectivity index (χ2v) is 21.3. The Hall–Kier alpha value is -2.89. The summed E-state index contributed by atoms with van der Waals surface area (Å²) < 4.78 is 16.7. The fraction of sp³-hybridized carbons (Fsp3) is 0.806. The molecule has 73 heavy (non-hydrogen) atoms. The molecular formula is C67H120O6. The van der Waals surface area contributed by atoms with Gasteiger partial charge in [-0.15, -0.1) is 0 Å². The third kappa shape index (κ3) is 59.9. The molecule has 0 saturated carbocycles. The number of rotatable bonds is 58. The molecule has 0 rings (SSSR count). The van der Waals surface area contributed by atoms with Crippen LogP contribution in [0.15, 0.2) is 60.8 Å². The Bertz CT molecular complexity index is 1310. The topological polar surface area (TPSA) is 78.9 Å². The van der Waals surface area contributed by atoms with E-state index in [1.165, 1.54) is 199 Å². The van der Waals surface area contributed by atoms with Crippen molar-refractivity contribution >= 4 is 17.9 Å². The molecule has 0 aliphatic carbocycles. The molecule has 0 aromatic heterocycles. The molecule has 0 spiro atoms. The van der Waals surface area contributed by atoms with Gasteiger partial charge in [0.15, 0.2) is 6.10 Å². The minimum atomic E-state index is -0.790. The van der Waals surface area contributed by atoms with Crippen LogP contribution in [0.1, 0.15) is 329 Å². The Kier molecular flexibility index (Phi) is 59.2. The Morgan fingerprint density at radius 1 is 0.288 bits per heavy atom. The molecule has 0 bridgehead atoms. The third-order valence-corrected chi connectivity index (χ3v) is 14.0. The van der Waals surface area contributed by atoms with Crippen LogP contribution >= 0.6 is 0 Å². The van der Waals surface area contributed by atoms with E-state index in [2.05, 4.69) is 81.5 Å². The van der Waals surface area contributed by atoms with Crippen LogP contribution in [0, 0.1) is 0 Å². The average Bonchev–Trinajstić information content (AvgIpc) is 3.39. The number of ether oxygens (including phenoxy) is 3. The molecule has 6 nitrogen and oxygen atoms in total. The summed E-state index contributed by atoms with van der Waals surface area (Å²) >= 11 is 0. The Balaban J connectivity index is 3.88. The van der Waals surface area contributed by atoms with Gasteiger partial charge >= 0.3 is 17.9 Å². The lowest BCUT2D eigenvalue weighted by Gasteiger charge is -2.18. The molecule has 0 aromatic carbocycles. The number of esters is 3. The number of hydrogen-bond acceptors (Lipinski definition) is 6. The molecule has 0 aliphatic heterocycles. The first-order chi connectivity index (χ1) is 36.0. The highest BCUT2D eigenvalue weighted by molar-refractivity contribution is 5.71. The molecule has 0 N–H and O–H groups in total. The molecule has 1 unspecified atom stereocenters. The van der Waals surface area contributed by atoms with E-state index in [-0.39, 0.29) is 37.5 Å². The number of unbranched alkanes of at least 4 members (excludes halogenated alkanes) is 37. The Morgan fingerprint density at radius 3 is 0.877 bits per heavy atom. The maximum atomic E-state index is 12.7. The first kappa shape index (κ1) is 70.1. The fourth-order valence-corrected chi connectivity index (χ4v) is 9.25. The second kappa shape index (κ2) is 61.7. The first-order valence-corrected chi connectivity index (χ1v) is 31.8. The summed E-state index contributed by atoms with van der Waals surface area (Å²) in [5.41, 5.74) is 0. The summed E-state index contributed by atoms with van der Waals surface area (Å²) in [6.07, 6.45) is 78.9. The van der Waals surface area contributed by atoms with Gasteiger partial charge in [0.1, 0.15) is 13.2 Å². The molecule has 0 heterocycles. The van der Waals surface area contributed by atoms with Crippen LogP contribution in [0.25, 0.3) is 0 Å². The predicted molar refractivity (Wildman–Crippen MR) is 316 cm³/mol. The zero-order valence-corrected chi connectivity index (χ0v) is 48.7. The van der Waals surface area contributed by atoms with Gasteiger partial charge in [0.05, 0.1) is 0 Å². The molecule has 0 amide bonds. The number of hydrogen-bond donors (Lipinski definition) is 0. The monoisotopic (exact) mass is 1020 g/mol. The number of carbonyl (C=O) groups excluding carboxylic acids is 3. The van der Waals surface area contributed by atoms with Crippen molar-refractivity contribution in [3.63, 3.8) is 0 Å². The first-order valence-electron chi connectivity index (χ1n) is 31.8. The summed E-state index contributed by atoms with van der Waals surface area (Å²) in [5.74, 6) is -0.934. The lowest BCUT2D eigenvalue weighted by molar-refractivity contribution is -0.167. The van der Waals surface area contributed by atoms with Crippen molar-refractivity contribution in [3.05, 3.63) is 60.8 Å². The molecule has 424 valence electrons. The van der Waals surface area contributed by atoms with Crippen LogP contribution in [-0.2, 0) is 28.6 Å². The van der Waals surface area contributed by atoms with Crippen LogP contribution in [0.4, 0.5) is 0 Å². The third-order valence-electron chi connectivity index (χ3n) is 14.0. The van der Waals surface area contributed by atoms with E-state index < -0.39 is 6.10 Å². The fourth-order valence-electron chi connectivity index (χ4n) is 9.25. The zero-order valence-electron chi connectivity index (χ0n) is 48.7. The molecule has 1 atom stereocenters. The van der Waals surface area contributed by atoms with Crippen molar-refractivity contribution in [1.82, 2.24) is 0 Å². The quantitative estimate of drug-likeness (QED) is 0.0261. The smallest absolute Gasteiger partial charge is 0.306 e. The maximum absolute atomic E-state index is 12.7. The van der Waals surface area contributed by atoms with Gasteiger partial charge in [-0.1, -0.05) is 287 Å². The molecule has 0 radical (unpaired) electrons. The summed E-state index contributed by atoms with van der Waals surface area (Å²) in [5, 5.41) is 0. The van der Waals surface area contributed by atoms with Crippen molar-refractivity contribution in [1.29, 1.82) is 0 Å². The van der Waals surface area contributed by atoms with Crippen LogP contribution in [-0.4, -0.2) is 37.2 Å². The zero-order chi connectivity index (χ0) is 52.9. The molecule has 0 fully saturated rings. The van der Waals surface area contributed by atoms with Crippen molar-refractivity contribution < 1.29 is 28.6 Å². The van der Waals surface area contributed by atoms with Crippen LogP contribution in [0.3, 0.4) is 0 Å². The minimum Gasteiger partial charge on any atom is -0.462 e. The summed E-state index contributed by atoms with van der Waals surface area (Å²) in [4.78, 5) is 37.8. The Morgan fingerprint density at radius 2 is 0.534 bits per heavy atom. The SMILES string of the molecule is CC/C=C\C/C=C\C/C=C\C/C=C\CCCCC(=O)OC(COC(=O)CCCCCCC)COC(=O)CCCCCCCCCCCCCCCCCCCCCCCCC/C=C\CCCCCCCCCC. The summed E-state index contributed by atoms with van der Waals surface area (Å²) in [6, 6.07) is 0. The highest BCUT2D eigenvalue weighted by atomic mass is 16.6. The molecule has 0 aliphatic rings. The van der Waals surface area contributed by atoms with Crippen molar-refractivity contribution in [3.8, 4) is 0 Å². The molecular weight excluding hydrogens is 901 g/mol. The van der Waals surface area contributed by atoms with E-state index in [1.807, 2.05) is 0 Å². The standard InChI is InChI=1S/C67H120O6/c1-4-7-10-13-15-17-19-21-23-24-25-26-27-28-29-30-31-32-33-34-35-36-37-38-39-40-41-42-44-45-47-49-51-54-57-60-66(69)72-63-64(62-71-65(68)59-56-53-12-9-6-3)73-67(70)61-58-55-52-50-48-46-43-22-20-18-16-14-11-8-5-2/h8,11,16,18,22,24-25,43,48,50,64H,4-7,9-10,12-15,17,19-21,23,26-42,44-47,49,51-63H2,1-3H3/b11-8-,18-16-,25-24-,43-22-,50-48-. The van der Waals surface area contributed by atoms with Crippen LogP contribution in [0.2, 0.25) is 0 Å². The van der Waals surface area contributed by atoms with Crippen molar-refractivity contribution in [2.75, 3.05) is 13.2 Å². The van der Waals surface area contributed by atoms with E-state index in [4.69, 9.17) is 14.2 Å².